The van der Waals surface area contributed by atoms with Crippen LogP contribution in [0.3, 0.4) is 0 Å². The number of nitro benzene ring substituents is 1. The van der Waals surface area contributed by atoms with Gasteiger partial charge >= 0.3 is 5.97 Å². The average molecular weight is 284 g/mol. The van der Waals surface area contributed by atoms with E-state index in [2.05, 4.69) is 0 Å². The quantitative estimate of drug-likeness (QED) is 0.614. The number of halogens is 1. The number of aliphatic carboxylic acids is 1. The van der Waals surface area contributed by atoms with Crippen LogP contribution in [-0.4, -0.2) is 28.6 Å². The van der Waals surface area contributed by atoms with E-state index in [1.54, 1.807) is 4.90 Å². The molecule has 0 aliphatic rings. The average Bonchev–Trinajstić information content (AvgIpc) is 2.32. The van der Waals surface area contributed by atoms with Gasteiger partial charge in [-0.2, -0.15) is 0 Å². The Morgan fingerprint density at radius 1 is 1.45 bits per heavy atom. The SMILES string of the molecule is CC(C)N(CCCC(=O)O)c1cc(F)cc([N+](=O)[O-])c1. The summed E-state index contributed by atoms with van der Waals surface area (Å²) in [6, 6.07) is 3.35. The van der Waals surface area contributed by atoms with Crippen molar-refractivity contribution in [1.29, 1.82) is 0 Å². The smallest absolute Gasteiger partial charge is 0.303 e. The Hall–Kier alpha value is -2.18. The number of non-ortho nitro benzene ring substituents is 1. The molecule has 0 atom stereocenters. The van der Waals surface area contributed by atoms with Gasteiger partial charge in [0.15, 0.2) is 0 Å². The molecule has 6 nitrogen and oxygen atoms in total. The van der Waals surface area contributed by atoms with Crippen molar-refractivity contribution in [3.8, 4) is 0 Å². The van der Waals surface area contributed by atoms with Gasteiger partial charge in [0, 0.05) is 30.8 Å². The van der Waals surface area contributed by atoms with Crippen molar-refractivity contribution < 1.29 is 19.2 Å². The van der Waals surface area contributed by atoms with Gasteiger partial charge in [-0.15, -0.1) is 0 Å². The van der Waals surface area contributed by atoms with Crippen molar-refractivity contribution in [2.24, 2.45) is 0 Å². The van der Waals surface area contributed by atoms with Gasteiger partial charge in [0.1, 0.15) is 5.82 Å². The molecule has 0 radical (unpaired) electrons. The first kappa shape index (κ1) is 15.9. The topological polar surface area (TPSA) is 83.7 Å². The summed E-state index contributed by atoms with van der Waals surface area (Å²) in [5.41, 5.74) is 0.0703. The largest absolute Gasteiger partial charge is 0.481 e. The summed E-state index contributed by atoms with van der Waals surface area (Å²) in [5, 5.41) is 19.4. The normalized spacial score (nSPS) is 10.6. The van der Waals surface area contributed by atoms with Crippen LogP contribution in [0.25, 0.3) is 0 Å². The van der Waals surface area contributed by atoms with E-state index in [4.69, 9.17) is 5.11 Å². The fourth-order valence-electron chi connectivity index (χ4n) is 1.92. The lowest BCUT2D eigenvalue weighted by atomic mass is 10.2. The third kappa shape index (κ3) is 4.49. The van der Waals surface area contributed by atoms with Gasteiger partial charge in [0.25, 0.3) is 5.69 Å². The highest BCUT2D eigenvalue weighted by molar-refractivity contribution is 5.66. The molecule has 0 saturated carbocycles. The number of anilines is 1. The minimum atomic E-state index is -0.904. The van der Waals surface area contributed by atoms with Crippen molar-refractivity contribution in [1.82, 2.24) is 0 Å². The number of nitro groups is 1. The third-order valence-corrected chi connectivity index (χ3v) is 2.82. The van der Waals surface area contributed by atoms with Crippen LogP contribution in [0.15, 0.2) is 18.2 Å². The van der Waals surface area contributed by atoms with E-state index in [1.165, 1.54) is 12.1 Å². The lowest BCUT2D eigenvalue weighted by Gasteiger charge is -2.28. The molecule has 0 fully saturated rings. The van der Waals surface area contributed by atoms with E-state index in [0.717, 1.165) is 6.07 Å². The van der Waals surface area contributed by atoms with Gasteiger partial charge in [-0.25, -0.2) is 4.39 Å². The zero-order valence-corrected chi connectivity index (χ0v) is 11.4. The second-order valence-corrected chi connectivity index (χ2v) is 4.71. The van der Waals surface area contributed by atoms with Crippen molar-refractivity contribution in [3.63, 3.8) is 0 Å². The fourth-order valence-corrected chi connectivity index (χ4v) is 1.92. The van der Waals surface area contributed by atoms with Crippen LogP contribution in [0.1, 0.15) is 26.7 Å². The molecule has 1 N–H and O–H groups in total. The molecule has 0 aliphatic carbocycles. The Morgan fingerprint density at radius 3 is 2.60 bits per heavy atom. The second kappa shape index (κ2) is 6.83. The molecule has 0 aliphatic heterocycles. The van der Waals surface area contributed by atoms with Crippen LogP contribution in [0, 0.1) is 15.9 Å². The first-order valence-electron chi connectivity index (χ1n) is 6.24. The Kier molecular flexibility index (Phi) is 5.42. The zero-order chi connectivity index (χ0) is 15.3. The first-order chi connectivity index (χ1) is 9.31. The number of carboxylic acid groups (broad SMARTS) is 1. The van der Waals surface area contributed by atoms with Crippen molar-refractivity contribution in [3.05, 3.63) is 34.1 Å². The molecule has 20 heavy (non-hydrogen) atoms. The Morgan fingerprint density at radius 2 is 2.10 bits per heavy atom. The number of rotatable bonds is 7. The minimum absolute atomic E-state index is 0.000624. The molecule has 1 rings (SSSR count). The van der Waals surface area contributed by atoms with Crippen LogP contribution in [0.2, 0.25) is 0 Å². The van der Waals surface area contributed by atoms with Gasteiger partial charge < -0.3 is 10.0 Å². The van der Waals surface area contributed by atoms with E-state index in [1.807, 2.05) is 13.8 Å². The van der Waals surface area contributed by atoms with Crippen LogP contribution >= 0.6 is 0 Å². The van der Waals surface area contributed by atoms with Crippen molar-refractivity contribution in [2.75, 3.05) is 11.4 Å². The molecule has 0 amide bonds. The predicted molar refractivity (Wildman–Crippen MR) is 72.4 cm³/mol. The highest BCUT2D eigenvalue weighted by Gasteiger charge is 2.16. The second-order valence-electron chi connectivity index (χ2n) is 4.71. The molecule has 0 aromatic heterocycles. The van der Waals surface area contributed by atoms with Gasteiger partial charge in [0.05, 0.1) is 11.0 Å². The maximum absolute atomic E-state index is 13.4. The highest BCUT2D eigenvalue weighted by Crippen LogP contribution is 2.25. The molecule has 0 spiro atoms. The van der Waals surface area contributed by atoms with E-state index in [-0.39, 0.29) is 18.2 Å². The summed E-state index contributed by atoms with van der Waals surface area (Å²) in [4.78, 5) is 22.4. The molecule has 0 saturated heterocycles. The molecule has 1 aromatic rings. The van der Waals surface area contributed by atoms with Crippen LogP contribution in [-0.2, 0) is 4.79 Å². The molecule has 0 heterocycles. The van der Waals surface area contributed by atoms with E-state index in [9.17, 15) is 19.3 Å². The predicted octanol–water partition coefficient (Wildman–Crippen LogP) is 2.81. The molecule has 7 heteroatoms. The summed E-state index contributed by atoms with van der Waals surface area (Å²) in [6.07, 6.45) is 0.387. The molecule has 0 unspecified atom stereocenters. The maximum Gasteiger partial charge on any atom is 0.303 e. The molecule has 110 valence electrons. The molecular formula is C13H17FN2O4. The van der Waals surface area contributed by atoms with Gasteiger partial charge in [0.2, 0.25) is 0 Å². The molecule has 0 bridgehead atoms. The van der Waals surface area contributed by atoms with Crippen molar-refractivity contribution in [2.45, 2.75) is 32.7 Å². The number of hydrogen-bond acceptors (Lipinski definition) is 4. The van der Waals surface area contributed by atoms with Crippen LogP contribution in [0.5, 0.6) is 0 Å². The Bertz CT molecular complexity index is 505. The van der Waals surface area contributed by atoms with Gasteiger partial charge in [-0.1, -0.05) is 0 Å². The number of carboxylic acids is 1. The maximum atomic E-state index is 13.4. The lowest BCUT2D eigenvalue weighted by Crippen LogP contribution is -2.32. The third-order valence-electron chi connectivity index (χ3n) is 2.82. The standard InChI is InChI=1S/C13H17FN2O4/c1-9(2)15(5-3-4-13(17)18)11-6-10(14)7-12(8-11)16(19)20/h6-9H,3-5H2,1-2H3,(H,17,18). The van der Waals surface area contributed by atoms with Crippen LogP contribution in [0.4, 0.5) is 15.8 Å². The molecule has 1 aromatic carbocycles. The minimum Gasteiger partial charge on any atom is -0.481 e. The fraction of sp³-hybridized carbons (Fsp3) is 0.462. The number of benzene rings is 1. The first-order valence-corrected chi connectivity index (χ1v) is 6.24. The summed E-state index contributed by atoms with van der Waals surface area (Å²) in [6.45, 7) is 4.11. The Labute approximate surface area is 116 Å². The van der Waals surface area contributed by atoms with E-state index in [0.29, 0.717) is 18.7 Å². The zero-order valence-electron chi connectivity index (χ0n) is 11.4. The van der Waals surface area contributed by atoms with Gasteiger partial charge in [-0.3, -0.25) is 14.9 Å². The molecular weight excluding hydrogens is 267 g/mol. The monoisotopic (exact) mass is 284 g/mol. The summed E-state index contributed by atoms with van der Waals surface area (Å²) in [5.74, 6) is -1.59. The van der Waals surface area contributed by atoms with Gasteiger partial charge in [-0.05, 0) is 26.3 Å². The van der Waals surface area contributed by atoms with Crippen LogP contribution < -0.4 is 4.90 Å². The van der Waals surface area contributed by atoms with E-state index < -0.39 is 16.7 Å². The summed E-state index contributed by atoms with van der Waals surface area (Å²) in [7, 11) is 0. The number of hydrogen-bond donors (Lipinski definition) is 1. The number of carbonyl (C=O) groups is 1. The van der Waals surface area contributed by atoms with E-state index >= 15 is 0 Å². The summed E-state index contributed by atoms with van der Waals surface area (Å²) < 4.78 is 13.4. The lowest BCUT2D eigenvalue weighted by molar-refractivity contribution is -0.385. The summed E-state index contributed by atoms with van der Waals surface area (Å²) >= 11 is 0. The van der Waals surface area contributed by atoms with Crippen molar-refractivity contribution >= 4 is 17.3 Å². The number of nitrogens with zero attached hydrogens (tertiary/aromatic N) is 2. The Balaban J connectivity index is 2.96. The highest BCUT2D eigenvalue weighted by atomic mass is 19.1.